The van der Waals surface area contributed by atoms with Crippen LogP contribution in [0.3, 0.4) is 0 Å². The molecule has 10 nitrogen and oxygen atoms in total. The highest BCUT2D eigenvalue weighted by Gasteiger charge is 2.48. The van der Waals surface area contributed by atoms with E-state index in [1.165, 1.54) is 0 Å². The first-order valence-corrected chi connectivity index (χ1v) is 13.5. The number of likely N-dealkylation sites (tertiary alicyclic amines) is 1. The highest BCUT2D eigenvalue weighted by atomic mass is 19.4. The molecule has 4 N–H and O–H groups in total. The van der Waals surface area contributed by atoms with Gasteiger partial charge in [-0.1, -0.05) is 30.3 Å². The summed E-state index contributed by atoms with van der Waals surface area (Å²) in [6.45, 7) is -0.0000849. The fourth-order valence-corrected chi connectivity index (χ4v) is 4.75. The van der Waals surface area contributed by atoms with E-state index in [0.717, 1.165) is 4.90 Å². The van der Waals surface area contributed by atoms with Crippen molar-refractivity contribution < 1.29 is 51.0 Å². The number of benzene rings is 1. The number of Topliss-reactive ketones (excluding diaryl/α,β-unsaturated/α-hetero) is 1. The number of halogens is 5. The van der Waals surface area contributed by atoms with E-state index < -0.39 is 98.0 Å². The number of rotatable bonds is 12. The number of amides is 4. The van der Waals surface area contributed by atoms with Gasteiger partial charge in [0, 0.05) is 25.4 Å². The molecule has 0 aromatic heterocycles. The Balaban J connectivity index is 1.87. The van der Waals surface area contributed by atoms with Crippen LogP contribution in [0.2, 0.25) is 0 Å². The van der Waals surface area contributed by atoms with E-state index in [2.05, 4.69) is 10.6 Å². The zero-order valence-corrected chi connectivity index (χ0v) is 22.8. The van der Waals surface area contributed by atoms with E-state index in [0.29, 0.717) is 25.3 Å². The van der Waals surface area contributed by atoms with Gasteiger partial charge < -0.3 is 26.0 Å². The molecule has 1 aromatic carbocycles. The van der Waals surface area contributed by atoms with Crippen LogP contribution < -0.4 is 16.0 Å². The topological polar surface area (TPSA) is 145 Å². The Hall–Kier alpha value is -3.78. The molecule has 1 aliphatic carbocycles. The summed E-state index contributed by atoms with van der Waals surface area (Å²) in [6, 6.07) is 2.82. The second-order valence-electron chi connectivity index (χ2n) is 10.8. The van der Waals surface area contributed by atoms with E-state index in [1.807, 2.05) is 5.32 Å². The van der Waals surface area contributed by atoms with Crippen LogP contribution in [0.5, 0.6) is 0 Å². The minimum Gasteiger partial charge on any atom is -0.465 e. The molecule has 2 fully saturated rings. The van der Waals surface area contributed by atoms with Gasteiger partial charge in [-0.05, 0) is 44.6 Å². The smallest absolute Gasteiger partial charge is 0.405 e. The standard InChI is InChI=1S/C27H33F5N4O6/c1-26(28,29)11-9-18(21(37)23(39)33-17-7-8-17)34-22(38)20-14-16(27(30,31)32)10-12-36(20)24(40)19(35-25(41)42)13-15-5-3-2-4-6-15/h2-6,16-20,35H,7-14H2,1H3,(H,33,39)(H,34,38)(H,41,42)/t16-,18+,19+,20+/m1/s1. The summed E-state index contributed by atoms with van der Waals surface area (Å²) in [5, 5.41) is 15.9. The van der Waals surface area contributed by atoms with Crippen molar-refractivity contribution in [2.24, 2.45) is 5.92 Å². The third-order valence-electron chi connectivity index (χ3n) is 7.17. The van der Waals surface area contributed by atoms with Crippen LogP contribution in [-0.2, 0) is 25.6 Å². The third kappa shape index (κ3) is 9.65. The molecular formula is C27H33F5N4O6. The summed E-state index contributed by atoms with van der Waals surface area (Å²) in [5.74, 6) is -9.88. The molecular weight excluding hydrogens is 571 g/mol. The number of hydrogen-bond acceptors (Lipinski definition) is 5. The monoisotopic (exact) mass is 604 g/mol. The van der Waals surface area contributed by atoms with Crippen LogP contribution in [0, 0.1) is 5.92 Å². The summed E-state index contributed by atoms with van der Waals surface area (Å²) < 4.78 is 68.3. The average Bonchev–Trinajstić information content (AvgIpc) is 3.72. The Morgan fingerprint density at radius 1 is 0.976 bits per heavy atom. The summed E-state index contributed by atoms with van der Waals surface area (Å²) in [7, 11) is 0. The molecule has 3 rings (SSSR count). The molecule has 1 saturated carbocycles. The summed E-state index contributed by atoms with van der Waals surface area (Å²) in [6.07, 6.45) is -8.36. The fourth-order valence-electron chi connectivity index (χ4n) is 4.75. The van der Waals surface area contributed by atoms with Gasteiger partial charge >= 0.3 is 12.3 Å². The van der Waals surface area contributed by atoms with Crippen LogP contribution in [0.4, 0.5) is 26.7 Å². The SMILES string of the molecule is CC(F)(F)CC[C@H](NC(=O)[C@@H]1C[C@H](C(F)(F)F)CCN1C(=O)[C@H](Cc1ccccc1)NC(=O)O)C(=O)C(=O)NC1CC1. The number of nitrogens with one attached hydrogen (secondary N) is 3. The van der Waals surface area contributed by atoms with Crippen LogP contribution in [0.1, 0.15) is 51.0 Å². The van der Waals surface area contributed by atoms with Crippen LogP contribution >= 0.6 is 0 Å². The molecule has 0 unspecified atom stereocenters. The molecule has 1 heterocycles. The van der Waals surface area contributed by atoms with Gasteiger partial charge in [-0.15, -0.1) is 0 Å². The Labute approximate surface area is 238 Å². The first-order chi connectivity index (χ1) is 19.5. The van der Waals surface area contributed by atoms with Crippen LogP contribution in [0.15, 0.2) is 30.3 Å². The molecule has 42 heavy (non-hydrogen) atoms. The molecule has 1 aliphatic heterocycles. The lowest BCUT2D eigenvalue weighted by Gasteiger charge is -2.41. The maximum absolute atomic E-state index is 13.7. The van der Waals surface area contributed by atoms with Crippen molar-refractivity contribution in [1.82, 2.24) is 20.9 Å². The minimum atomic E-state index is -4.74. The molecule has 0 bridgehead atoms. The van der Waals surface area contributed by atoms with E-state index in [1.54, 1.807) is 30.3 Å². The van der Waals surface area contributed by atoms with Crippen molar-refractivity contribution in [3.8, 4) is 0 Å². The zero-order chi connectivity index (χ0) is 31.2. The Morgan fingerprint density at radius 2 is 1.62 bits per heavy atom. The van der Waals surface area contributed by atoms with Crippen molar-refractivity contribution in [2.75, 3.05) is 6.54 Å². The number of ketones is 1. The van der Waals surface area contributed by atoms with Crippen molar-refractivity contribution in [1.29, 1.82) is 0 Å². The van der Waals surface area contributed by atoms with Crippen molar-refractivity contribution in [2.45, 2.75) is 88.1 Å². The largest absolute Gasteiger partial charge is 0.465 e. The van der Waals surface area contributed by atoms with Gasteiger partial charge in [0.25, 0.3) is 5.91 Å². The summed E-state index contributed by atoms with van der Waals surface area (Å²) in [5.41, 5.74) is 0.531. The summed E-state index contributed by atoms with van der Waals surface area (Å²) in [4.78, 5) is 64.4. The predicted octanol–water partition coefficient (Wildman–Crippen LogP) is 2.80. The number of piperidine rings is 1. The number of alkyl halides is 5. The van der Waals surface area contributed by atoms with Crippen LogP contribution in [-0.4, -0.2) is 82.4 Å². The molecule has 1 saturated heterocycles. The quantitative estimate of drug-likeness (QED) is 0.213. The molecule has 0 radical (unpaired) electrons. The van der Waals surface area contributed by atoms with Gasteiger partial charge in [0.1, 0.15) is 12.1 Å². The summed E-state index contributed by atoms with van der Waals surface area (Å²) >= 11 is 0. The van der Waals surface area contributed by atoms with E-state index in [-0.39, 0.29) is 12.5 Å². The first kappa shape index (κ1) is 32.7. The Bertz CT molecular complexity index is 1160. The fraction of sp³-hybridized carbons (Fsp3) is 0.593. The minimum absolute atomic E-state index is 0.173. The van der Waals surface area contributed by atoms with E-state index in [4.69, 9.17) is 0 Å². The number of nitrogens with zero attached hydrogens (tertiary/aromatic N) is 1. The molecule has 15 heteroatoms. The second-order valence-corrected chi connectivity index (χ2v) is 10.8. The molecule has 232 valence electrons. The maximum Gasteiger partial charge on any atom is 0.405 e. The zero-order valence-electron chi connectivity index (χ0n) is 22.8. The lowest BCUT2D eigenvalue weighted by atomic mass is 9.88. The van der Waals surface area contributed by atoms with Crippen molar-refractivity contribution in [3.05, 3.63) is 35.9 Å². The number of carbonyl (C=O) groups is 5. The van der Waals surface area contributed by atoms with Gasteiger partial charge in [-0.2, -0.15) is 13.2 Å². The average molecular weight is 605 g/mol. The Morgan fingerprint density at radius 3 is 2.17 bits per heavy atom. The van der Waals surface area contributed by atoms with Gasteiger partial charge in [0.05, 0.1) is 12.0 Å². The molecule has 2 aliphatic rings. The Kier molecular flexibility index (Phi) is 10.5. The maximum atomic E-state index is 13.7. The van der Waals surface area contributed by atoms with Crippen molar-refractivity contribution >= 4 is 29.6 Å². The van der Waals surface area contributed by atoms with Crippen molar-refractivity contribution in [3.63, 3.8) is 0 Å². The van der Waals surface area contributed by atoms with Gasteiger partial charge in [0.2, 0.25) is 23.5 Å². The third-order valence-corrected chi connectivity index (χ3v) is 7.17. The lowest BCUT2D eigenvalue weighted by molar-refractivity contribution is -0.192. The molecule has 4 amide bonds. The molecule has 4 atom stereocenters. The van der Waals surface area contributed by atoms with E-state index >= 15 is 0 Å². The number of hydrogen-bond donors (Lipinski definition) is 4. The van der Waals surface area contributed by atoms with Gasteiger partial charge in [-0.25, -0.2) is 13.6 Å². The highest BCUT2D eigenvalue weighted by Crippen LogP contribution is 2.37. The first-order valence-electron chi connectivity index (χ1n) is 13.5. The van der Waals surface area contributed by atoms with Crippen LogP contribution in [0.25, 0.3) is 0 Å². The predicted molar refractivity (Wildman–Crippen MR) is 137 cm³/mol. The molecule has 0 spiro atoms. The molecule has 1 aromatic rings. The number of carboxylic acid groups (broad SMARTS) is 1. The lowest BCUT2D eigenvalue weighted by Crippen LogP contribution is -2.61. The normalized spacial score (nSPS) is 20.7. The highest BCUT2D eigenvalue weighted by molar-refractivity contribution is 6.38. The van der Waals surface area contributed by atoms with Gasteiger partial charge in [-0.3, -0.25) is 19.2 Å². The number of carbonyl (C=O) groups excluding carboxylic acids is 4. The van der Waals surface area contributed by atoms with Gasteiger partial charge in [0.15, 0.2) is 0 Å². The second kappa shape index (κ2) is 13.5. The van der Waals surface area contributed by atoms with E-state index in [9.17, 15) is 51.0 Å².